The standard InChI is InChI=1S/C32H64O2.C6H8O2/c1-3-5-7-9-11-13-15-17-19-21-23-25-27-29-31-34-32(33)30-28-26-24-22-20-18-16-14-12-10-8-6-4-2;1-2-3-4-5-6(7)8/h3-31H2,1-2H3;2-5H,1H3,(H,7,8). The number of hydrogen-bond donors (Lipinski definition) is 1. The van der Waals surface area contributed by atoms with Gasteiger partial charge in [-0.3, -0.25) is 4.79 Å². The van der Waals surface area contributed by atoms with Gasteiger partial charge in [-0.25, -0.2) is 4.79 Å². The summed E-state index contributed by atoms with van der Waals surface area (Å²) in [6.45, 7) is 7.03. The predicted octanol–water partition coefficient (Wildman–Crippen LogP) is 12.7. The Morgan fingerprint density at radius 1 is 0.500 bits per heavy atom. The van der Waals surface area contributed by atoms with Crippen LogP contribution in [0.2, 0.25) is 0 Å². The van der Waals surface area contributed by atoms with E-state index in [1.54, 1.807) is 12.2 Å². The van der Waals surface area contributed by atoms with Crippen molar-refractivity contribution >= 4 is 11.9 Å². The lowest BCUT2D eigenvalue weighted by atomic mass is 10.0. The van der Waals surface area contributed by atoms with E-state index in [0.717, 1.165) is 18.9 Å². The summed E-state index contributed by atoms with van der Waals surface area (Å²) in [5.74, 6) is -0.888. The molecular formula is C38H72O4. The molecule has 0 aliphatic rings. The Labute approximate surface area is 262 Å². The summed E-state index contributed by atoms with van der Waals surface area (Å²) in [6, 6.07) is 0. The van der Waals surface area contributed by atoms with Crippen molar-refractivity contribution in [3.05, 3.63) is 24.3 Å². The van der Waals surface area contributed by atoms with Crippen LogP contribution in [0.3, 0.4) is 0 Å². The summed E-state index contributed by atoms with van der Waals surface area (Å²) < 4.78 is 5.42. The Balaban J connectivity index is 0. The first-order chi connectivity index (χ1) is 20.6. The first-order valence-electron chi connectivity index (χ1n) is 18.3. The van der Waals surface area contributed by atoms with E-state index >= 15 is 0 Å². The Bertz CT molecular complexity index is 596. The summed E-state index contributed by atoms with van der Waals surface area (Å²) in [5, 5.41) is 8.02. The SMILES string of the molecule is CC=CC=CC(=O)O.CCCCCCCCCCCCCCCCOC(=O)CCCCCCCCCCCCCCC. The van der Waals surface area contributed by atoms with Crippen LogP contribution < -0.4 is 0 Å². The van der Waals surface area contributed by atoms with Gasteiger partial charge in [0.2, 0.25) is 0 Å². The van der Waals surface area contributed by atoms with Gasteiger partial charge in [0, 0.05) is 12.5 Å². The number of esters is 1. The van der Waals surface area contributed by atoms with Crippen LogP contribution in [-0.2, 0) is 14.3 Å². The molecule has 4 nitrogen and oxygen atoms in total. The van der Waals surface area contributed by atoms with E-state index in [4.69, 9.17) is 9.84 Å². The van der Waals surface area contributed by atoms with E-state index in [-0.39, 0.29) is 5.97 Å². The maximum atomic E-state index is 11.9. The number of carboxylic acid groups (broad SMARTS) is 1. The molecule has 0 aromatic carbocycles. The molecule has 0 aromatic heterocycles. The third-order valence-electron chi connectivity index (χ3n) is 7.79. The Kier molecular flexibility index (Phi) is 39.9. The van der Waals surface area contributed by atoms with Crippen LogP contribution in [0.15, 0.2) is 24.3 Å². The fraction of sp³-hybridized carbons (Fsp3) is 0.842. The predicted molar refractivity (Wildman–Crippen MR) is 183 cm³/mol. The molecule has 0 saturated carbocycles. The molecule has 1 N–H and O–H groups in total. The fourth-order valence-corrected chi connectivity index (χ4v) is 5.09. The second-order valence-electron chi connectivity index (χ2n) is 12.0. The van der Waals surface area contributed by atoms with Gasteiger partial charge in [-0.15, -0.1) is 0 Å². The molecule has 0 amide bonds. The summed E-state index contributed by atoms with van der Waals surface area (Å²) >= 11 is 0. The van der Waals surface area contributed by atoms with E-state index in [9.17, 15) is 9.59 Å². The summed E-state index contributed by atoms with van der Waals surface area (Å²) in [7, 11) is 0. The first kappa shape index (κ1) is 42.6. The van der Waals surface area contributed by atoms with Gasteiger partial charge >= 0.3 is 11.9 Å². The van der Waals surface area contributed by atoms with E-state index in [1.807, 2.05) is 6.92 Å². The van der Waals surface area contributed by atoms with Crippen molar-refractivity contribution < 1.29 is 19.4 Å². The van der Waals surface area contributed by atoms with Crippen LogP contribution in [0.1, 0.15) is 201 Å². The summed E-state index contributed by atoms with van der Waals surface area (Å²) in [4.78, 5) is 21.6. The van der Waals surface area contributed by atoms with Gasteiger partial charge in [0.15, 0.2) is 0 Å². The minimum atomic E-state index is -0.914. The molecule has 0 bridgehead atoms. The number of unbranched alkanes of at least 4 members (excludes halogenated alkanes) is 25. The van der Waals surface area contributed by atoms with Gasteiger partial charge in [0.1, 0.15) is 0 Å². The molecule has 4 heteroatoms. The molecule has 248 valence electrons. The van der Waals surface area contributed by atoms with Gasteiger partial charge in [-0.1, -0.05) is 193 Å². The van der Waals surface area contributed by atoms with Crippen LogP contribution in [0.4, 0.5) is 0 Å². The zero-order chi connectivity index (χ0) is 31.2. The molecule has 0 aliphatic heterocycles. The van der Waals surface area contributed by atoms with Gasteiger partial charge in [0.05, 0.1) is 6.61 Å². The third kappa shape index (κ3) is 42.9. The lowest BCUT2D eigenvalue weighted by Gasteiger charge is -2.06. The highest BCUT2D eigenvalue weighted by Crippen LogP contribution is 2.14. The van der Waals surface area contributed by atoms with Gasteiger partial charge < -0.3 is 9.84 Å². The second-order valence-corrected chi connectivity index (χ2v) is 12.0. The van der Waals surface area contributed by atoms with Crippen LogP contribution >= 0.6 is 0 Å². The third-order valence-corrected chi connectivity index (χ3v) is 7.79. The highest BCUT2D eigenvalue weighted by Gasteiger charge is 2.02. The zero-order valence-electron chi connectivity index (χ0n) is 28.5. The largest absolute Gasteiger partial charge is 0.478 e. The summed E-state index contributed by atoms with van der Waals surface area (Å²) in [5.41, 5.74) is 0. The number of aliphatic carboxylic acids is 1. The molecular weight excluding hydrogens is 520 g/mol. The molecule has 0 spiro atoms. The average molecular weight is 593 g/mol. The number of carbonyl (C=O) groups is 2. The molecule has 0 fully saturated rings. The maximum Gasteiger partial charge on any atom is 0.328 e. The van der Waals surface area contributed by atoms with Crippen molar-refractivity contribution in [1.29, 1.82) is 0 Å². The maximum absolute atomic E-state index is 11.9. The molecule has 0 atom stereocenters. The van der Waals surface area contributed by atoms with Crippen LogP contribution in [0.25, 0.3) is 0 Å². The molecule has 0 aromatic rings. The molecule has 0 aliphatic carbocycles. The Hall–Kier alpha value is -1.58. The Morgan fingerprint density at radius 3 is 1.17 bits per heavy atom. The Morgan fingerprint density at radius 2 is 0.833 bits per heavy atom. The highest BCUT2D eigenvalue weighted by molar-refractivity contribution is 5.80. The van der Waals surface area contributed by atoms with Gasteiger partial charge in [-0.2, -0.15) is 0 Å². The van der Waals surface area contributed by atoms with Crippen LogP contribution in [0.5, 0.6) is 0 Å². The average Bonchev–Trinajstić information content (AvgIpc) is 2.98. The molecule has 0 radical (unpaired) electrons. The minimum Gasteiger partial charge on any atom is -0.478 e. The molecule has 0 saturated heterocycles. The quantitative estimate of drug-likeness (QED) is 0.0376. The van der Waals surface area contributed by atoms with Crippen LogP contribution in [0, 0.1) is 0 Å². The number of carbonyl (C=O) groups excluding carboxylic acids is 1. The summed E-state index contributed by atoms with van der Waals surface area (Å²) in [6.07, 6.45) is 43.1. The fourth-order valence-electron chi connectivity index (χ4n) is 5.09. The molecule has 0 rings (SSSR count). The van der Waals surface area contributed by atoms with Crippen molar-refractivity contribution in [1.82, 2.24) is 0 Å². The van der Waals surface area contributed by atoms with Crippen molar-refractivity contribution in [2.75, 3.05) is 6.61 Å². The van der Waals surface area contributed by atoms with E-state index in [2.05, 4.69) is 13.8 Å². The lowest BCUT2D eigenvalue weighted by molar-refractivity contribution is -0.144. The highest BCUT2D eigenvalue weighted by atomic mass is 16.5. The van der Waals surface area contributed by atoms with Crippen molar-refractivity contribution in [2.45, 2.75) is 201 Å². The number of allylic oxidation sites excluding steroid dienone is 3. The number of carboxylic acids is 1. The molecule has 0 heterocycles. The number of rotatable bonds is 31. The number of hydrogen-bond acceptors (Lipinski definition) is 3. The van der Waals surface area contributed by atoms with E-state index in [1.165, 1.54) is 167 Å². The van der Waals surface area contributed by atoms with Crippen molar-refractivity contribution in [3.63, 3.8) is 0 Å². The molecule has 0 unspecified atom stereocenters. The smallest absolute Gasteiger partial charge is 0.328 e. The number of ether oxygens (including phenoxy) is 1. The first-order valence-corrected chi connectivity index (χ1v) is 18.3. The second kappa shape index (κ2) is 39.4. The minimum absolute atomic E-state index is 0.0257. The normalized spacial score (nSPS) is 11.2. The van der Waals surface area contributed by atoms with E-state index < -0.39 is 5.97 Å². The lowest BCUT2D eigenvalue weighted by Crippen LogP contribution is -2.05. The zero-order valence-corrected chi connectivity index (χ0v) is 28.5. The van der Waals surface area contributed by atoms with Crippen LogP contribution in [-0.4, -0.2) is 23.7 Å². The van der Waals surface area contributed by atoms with Gasteiger partial charge in [-0.05, 0) is 19.8 Å². The van der Waals surface area contributed by atoms with Gasteiger partial charge in [0.25, 0.3) is 0 Å². The molecule has 42 heavy (non-hydrogen) atoms. The van der Waals surface area contributed by atoms with Crippen molar-refractivity contribution in [3.8, 4) is 0 Å². The topological polar surface area (TPSA) is 63.6 Å². The monoisotopic (exact) mass is 593 g/mol. The van der Waals surface area contributed by atoms with E-state index in [0.29, 0.717) is 13.0 Å². The van der Waals surface area contributed by atoms with Crippen molar-refractivity contribution in [2.24, 2.45) is 0 Å².